The first kappa shape index (κ1) is 10.4. The highest BCUT2D eigenvalue weighted by Crippen LogP contribution is 2.18. The molecule has 1 unspecified atom stereocenters. The average Bonchev–Trinajstić information content (AvgIpc) is 2.71. The molecule has 0 aromatic carbocycles. The summed E-state index contributed by atoms with van der Waals surface area (Å²) < 4.78 is 11.0. The Labute approximate surface area is 90.4 Å². The number of hydrogen-bond acceptors (Lipinski definition) is 3. The van der Waals surface area contributed by atoms with Gasteiger partial charge in [-0.1, -0.05) is 13.8 Å². The van der Waals surface area contributed by atoms with Crippen LogP contribution in [0.1, 0.15) is 31.9 Å². The van der Waals surface area contributed by atoms with E-state index in [1.165, 1.54) is 0 Å². The van der Waals surface area contributed by atoms with Gasteiger partial charge < -0.3 is 9.47 Å². The van der Waals surface area contributed by atoms with Gasteiger partial charge in [0.2, 0.25) is 0 Å². The van der Waals surface area contributed by atoms with Crippen molar-refractivity contribution in [1.82, 2.24) is 4.98 Å². The van der Waals surface area contributed by atoms with E-state index in [1.54, 1.807) is 6.20 Å². The summed E-state index contributed by atoms with van der Waals surface area (Å²) in [5.74, 6) is 1.31. The summed E-state index contributed by atoms with van der Waals surface area (Å²) in [5.41, 5.74) is 1.10. The van der Waals surface area contributed by atoms with Gasteiger partial charge in [-0.15, -0.1) is 0 Å². The number of ether oxygens (including phenoxy) is 2. The van der Waals surface area contributed by atoms with E-state index in [0.717, 1.165) is 24.5 Å². The second-order valence-corrected chi connectivity index (χ2v) is 4.18. The zero-order valence-corrected chi connectivity index (χ0v) is 9.27. The van der Waals surface area contributed by atoms with Gasteiger partial charge in [-0.2, -0.15) is 0 Å². The van der Waals surface area contributed by atoms with Crippen molar-refractivity contribution in [2.45, 2.75) is 32.3 Å². The average molecular weight is 207 g/mol. The first-order valence-corrected chi connectivity index (χ1v) is 5.46. The van der Waals surface area contributed by atoms with Crippen LogP contribution in [0.5, 0.6) is 5.75 Å². The summed E-state index contributed by atoms with van der Waals surface area (Å²) in [6, 6.07) is 4.01. The molecular formula is C12H17NO2. The van der Waals surface area contributed by atoms with Crippen molar-refractivity contribution in [3.63, 3.8) is 0 Å². The quantitative estimate of drug-likeness (QED) is 0.762. The van der Waals surface area contributed by atoms with Crippen LogP contribution < -0.4 is 4.74 Å². The Balaban J connectivity index is 1.97. The topological polar surface area (TPSA) is 31.4 Å². The smallest absolute Gasteiger partial charge is 0.138 e. The van der Waals surface area contributed by atoms with E-state index in [1.807, 2.05) is 12.1 Å². The van der Waals surface area contributed by atoms with Crippen LogP contribution in [-0.2, 0) is 4.74 Å². The highest BCUT2D eigenvalue weighted by molar-refractivity contribution is 5.21. The van der Waals surface area contributed by atoms with Crippen molar-refractivity contribution in [2.75, 3.05) is 13.2 Å². The van der Waals surface area contributed by atoms with Crippen molar-refractivity contribution in [2.24, 2.45) is 0 Å². The fourth-order valence-electron chi connectivity index (χ4n) is 1.60. The van der Waals surface area contributed by atoms with Crippen LogP contribution in [-0.4, -0.2) is 24.3 Å². The summed E-state index contributed by atoms with van der Waals surface area (Å²) in [7, 11) is 0. The van der Waals surface area contributed by atoms with Gasteiger partial charge in [-0.25, -0.2) is 0 Å². The van der Waals surface area contributed by atoms with Crippen LogP contribution >= 0.6 is 0 Å². The Kier molecular flexibility index (Phi) is 3.21. The van der Waals surface area contributed by atoms with Gasteiger partial charge >= 0.3 is 0 Å². The first-order valence-electron chi connectivity index (χ1n) is 5.46. The Morgan fingerprint density at radius 2 is 2.33 bits per heavy atom. The fraction of sp³-hybridized carbons (Fsp3) is 0.583. The van der Waals surface area contributed by atoms with Crippen molar-refractivity contribution < 1.29 is 9.47 Å². The van der Waals surface area contributed by atoms with Gasteiger partial charge in [0.15, 0.2) is 0 Å². The molecule has 0 aliphatic carbocycles. The summed E-state index contributed by atoms with van der Waals surface area (Å²) in [5, 5.41) is 0. The minimum Gasteiger partial charge on any atom is -0.486 e. The van der Waals surface area contributed by atoms with Crippen LogP contribution in [0.3, 0.4) is 0 Å². The molecule has 82 valence electrons. The molecule has 2 heterocycles. The highest BCUT2D eigenvalue weighted by Gasteiger charge is 2.17. The zero-order chi connectivity index (χ0) is 10.7. The molecule has 0 amide bonds. The van der Waals surface area contributed by atoms with Crippen molar-refractivity contribution in [3.05, 3.63) is 24.0 Å². The molecule has 0 bridgehead atoms. The van der Waals surface area contributed by atoms with E-state index in [0.29, 0.717) is 12.5 Å². The van der Waals surface area contributed by atoms with E-state index in [2.05, 4.69) is 18.8 Å². The largest absolute Gasteiger partial charge is 0.486 e. The molecule has 0 spiro atoms. The Morgan fingerprint density at radius 1 is 1.47 bits per heavy atom. The molecule has 1 aromatic rings. The molecule has 1 saturated heterocycles. The molecule has 0 radical (unpaired) electrons. The number of pyridine rings is 1. The summed E-state index contributed by atoms with van der Waals surface area (Å²) in [6.07, 6.45) is 2.98. The van der Waals surface area contributed by atoms with E-state index in [9.17, 15) is 0 Å². The number of hydrogen-bond donors (Lipinski definition) is 0. The summed E-state index contributed by atoms with van der Waals surface area (Å²) >= 11 is 0. The Bertz CT molecular complexity index is 302. The second-order valence-electron chi connectivity index (χ2n) is 4.18. The predicted octanol–water partition coefficient (Wildman–Crippen LogP) is 2.37. The van der Waals surface area contributed by atoms with Crippen molar-refractivity contribution >= 4 is 0 Å². The molecule has 1 atom stereocenters. The van der Waals surface area contributed by atoms with E-state index in [4.69, 9.17) is 9.47 Å². The molecular weight excluding hydrogens is 190 g/mol. The molecule has 3 nitrogen and oxygen atoms in total. The highest BCUT2D eigenvalue weighted by atomic mass is 16.5. The van der Waals surface area contributed by atoms with E-state index in [-0.39, 0.29) is 6.10 Å². The van der Waals surface area contributed by atoms with E-state index < -0.39 is 0 Å². The molecule has 15 heavy (non-hydrogen) atoms. The lowest BCUT2D eigenvalue weighted by Gasteiger charge is -2.12. The maximum atomic E-state index is 5.72. The lowest BCUT2D eigenvalue weighted by atomic mass is 10.1. The monoisotopic (exact) mass is 207 g/mol. The molecule has 1 fully saturated rings. The standard InChI is InChI=1S/C12H17NO2/c1-9(2)12-4-3-10(7-13-12)15-11-5-6-14-8-11/h3-4,7,9,11H,5-6,8H2,1-2H3. The van der Waals surface area contributed by atoms with Crippen molar-refractivity contribution in [3.8, 4) is 5.75 Å². The van der Waals surface area contributed by atoms with Gasteiger partial charge in [-0.3, -0.25) is 4.98 Å². The SMILES string of the molecule is CC(C)c1ccc(OC2CCOC2)cn1. The van der Waals surface area contributed by atoms with Gasteiger partial charge in [0.1, 0.15) is 11.9 Å². The third kappa shape index (κ3) is 2.69. The summed E-state index contributed by atoms with van der Waals surface area (Å²) in [4.78, 5) is 4.35. The van der Waals surface area contributed by atoms with Crippen LogP contribution in [0.15, 0.2) is 18.3 Å². The van der Waals surface area contributed by atoms with Crippen LogP contribution in [0, 0.1) is 0 Å². The van der Waals surface area contributed by atoms with Gasteiger partial charge in [0.25, 0.3) is 0 Å². The second kappa shape index (κ2) is 4.62. The van der Waals surface area contributed by atoms with Gasteiger partial charge in [-0.05, 0) is 18.1 Å². The predicted molar refractivity (Wildman–Crippen MR) is 58.2 cm³/mol. The summed E-state index contributed by atoms with van der Waals surface area (Å²) in [6.45, 7) is 5.77. The Hall–Kier alpha value is -1.09. The van der Waals surface area contributed by atoms with Crippen LogP contribution in [0.4, 0.5) is 0 Å². The molecule has 1 aromatic heterocycles. The van der Waals surface area contributed by atoms with Gasteiger partial charge in [0.05, 0.1) is 19.4 Å². The van der Waals surface area contributed by atoms with Crippen LogP contribution in [0.25, 0.3) is 0 Å². The maximum absolute atomic E-state index is 5.72. The minimum atomic E-state index is 0.205. The zero-order valence-electron chi connectivity index (χ0n) is 9.27. The molecule has 1 aliphatic heterocycles. The number of rotatable bonds is 3. The van der Waals surface area contributed by atoms with Crippen LogP contribution in [0.2, 0.25) is 0 Å². The molecule has 3 heteroatoms. The fourth-order valence-corrected chi connectivity index (χ4v) is 1.60. The van der Waals surface area contributed by atoms with Gasteiger partial charge in [0, 0.05) is 12.1 Å². The third-order valence-electron chi connectivity index (χ3n) is 2.54. The first-order chi connectivity index (χ1) is 7.25. The number of aromatic nitrogens is 1. The molecule has 1 aliphatic rings. The normalized spacial score (nSPS) is 20.9. The maximum Gasteiger partial charge on any atom is 0.138 e. The van der Waals surface area contributed by atoms with Crippen molar-refractivity contribution in [1.29, 1.82) is 0 Å². The lowest BCUT2D eigenvalue weighted by molar-refractivity contribution is 0.141. The number of nitrogens with zero attached hydrogens (tertiary/aromatic N) is 1. The Morgan fingerprint density at radius 3 is 2.87 bits per heavy atom. The molecule has 0 N–H and O–H groups in total. The lowest BCUT2D eigenvalue weighted by Crippen LogP contribution is -2.15. The molecule has 0 saturated carbocycles. The van der Waals surface area contributed by atoms with E-state index >= 15 is 0 Å². The minimum absolute atomic E-state index is 0.205. The molecule has 2 rings (SSSR count). The third-order valence-corrected chi connectivity index (χ3v) is 2.54.